The molecule has 84 valence electrons. The van der Waals surface area contributed by atoms with Crippen LogP contribution >= 0.6 is 11.6 Å². The Bertz CT molecular complexity index is 420. The second kappa shape index (κ2) is 4.71. The first-order chi connectivity index (χ1) is 7.70. The van der Waals surface area contributed by atoms with Crippen LogP contribution in [0.4, 0.5) is 0 Å². The first-order valence-electron chi connectivity index (χ1n) is 5.23. The van der Waals surface area contributed by atoms with Crippen LogP contribution in [0.2, 0.25) is 5.02 Å². The molecule has 0 aromatic heterocycles. The summed E-state index contributed by atoms with van der Waals surface area (Å²) in [6.07, 6.45) is 3.63. The smallest absolute Gasteiger partial charge is 0.309 e. The maximum atomic E-state index is 11.4. The standard InChI is InChI=1S/C13H13ClO2/c1-16-13(15)11-3-2-10(8-11)9-4-6-12(14)7-5-9/h2,4-7,11H,3,8H2,1H3. The van der Waals surface area contributed by atoms with Gasteiger partial charge in [0.05, 0.1) is 13.0 Å². The van der Waals surface area contributed by atoms with Crippen LogP contribution in [0.25, 0.3) is 5.57 Å². The Morgan fingerprint density at radius 2 is 2.06 bits per heavy atom. The van der Waals surface area contributed by atoms with Crippen molar-refractivity contribution in [3.63, 3.8) is 0 Å². The molecule has 1 atom stereocenters. The molecule has 0 saturated carbocycles. The third-order valence-corrected chi connectivity index (χ3v) is 3.12. The number of benzene rings is 1. The Labute approximate surface area is 99.9 Å². The lowest BCUT2D eigenvalue weighted by Crippen LogP contribution is -2.12. The molecule has 0 bridgehead atoms. The minimum absolute atomic E-state index is 0.0179. The molecular formula is C13H13ClO2. The molecule has 1 aromatic rings. The second-order valence-corrected chi connectivity index (χ2v) is 4.33. The molecular weight excluding hydrogens is 224 g/mol. The van der Waals surface area contributed by atoms with Gasteiger partial charge in [0.2, 0.25) is 0 Å². The van der Waals surface area contributed by atoms with E-state index in [0.717, 1.165) is 23.4 Å². The van der Waals surface area contributed by atoms with E-state index in [0.29, 0.717) is 0 Å². The summed E-state index contributed by atoms with van der Waals surface area (Å²) in [7, 11) is 1.43. The van der Waals surface area contributed by atoms with Gasteiger partial charge in [-0.2, -0.15) is 0 Å². The van der Waals surface area contributed by atoms with Crippen LogP contribution in [0.3, 0.4) is 0 Å². The van der Waals surface area contributed by atoms with Crippen molar-refractivity contribution in [1.82, 2.24) is 0 Å². The van der Waals surface area contributed by atoms with Crippen LogP contribution in [-0.2, 0) is 9.53 Å². The number of hydrogen-bond donors (Lipinski definition) is 0. The number of allylic oxidation sites excluding steroid dienone is 2. The van der Waals surface area contributed by atoms with Crippen LogP contribution in [0.5, 0.6) is 0 Å². The van der Waals surface area contributed by atoms with Crippen LogP contribution in [0, 0.1) is 5.92 Å². The molecule has 2 rings (SSSR count). The van der Waals surface area contributed by atoms with Gasteiger partial charge < -0.3 is 4.74 Å². The van der Waals surface area contributed by atoms with E-state index in [2.05, 4.69) is 6.08 Å². The van der Waals surface area contributed by atoms with Gasteiger partial charge in [0.25, 0.3) is 0 Å². The maximum Gasteiger partial charge on any atom is 0.309 e. The number of carbonyl (C=O) groups is 1. The van der Waals surface area contributed by atoms with Gasteiger partial charge in [0, 0.05) is 5.02 Å². The molecule has 0 heterocycles. The Kier molecular flexibility index (Phi) is 3.30. The third-order valence-electron chi connectivity index (χ3n) is 2.86. The fraction of sp³-hybridized carbons (Fsp3) is 0.308. The summed E-state index contributed by atoms with van der Waals surface area (Å²) in [4.78, 5) is 11.4. The summed E-state index contributed by atoms with van der Waals surface area (Å²) in [5.74, 6) is -0.143. The first kappa shape index (κ1) is 11.2. The summed E-state index contributed by atoms with van der Waals surface area (Å²) in [5.41, 5.74) is 2.34. The van der Waals surface area contributed by atoms with Crippen molar-refractivity contribution in [2.45, 2.75) is 12.8 Å². The summed E-state index contributed by atoms with van der Waals surface area (Å²) >= 11 is 5.83. The Balaban J connectivity index is 2.08. The van der Waals surface area contributed by atoms with Gasteiger partial charge in [-0.05, 0) is 36.1 Å². The molecule has 0 amide bonds. The highest BCUT2D eigenvalue weighted by molar-refractivity contribution is 6.30. The number of halogens is 1. The molecule has 1 aliphatic carbocycles. The van der Waals surface area contributed by atoms with Crippen molar-refractivity contribution in [2.75, 3.05) is 7.11 Å². The molecule has 1 aliphatic rings. The minimum Gasteiger partial charge on any atom is -0.469 e. The fourth-order valence-corrected chi connectivity index (χ4v) is 2.09. The van der Waals surface area contributed by atoms with Gasteiger partial charge in [-0.25, -0.2) is 0 Å². The predicted molar refractivity (Wildman–Crippen MR) is 64.2 cm³/mol. The quantitative estimate of drug-likeness (QED) is 0.737. The van der Waals surface area contributed by atoms with Crippen LogP contribution in [-0.4, -0.2) is 13.1 Å². The van der Waals surface area contributed by atoms with Gasteiger partial charge in [-0.1, -0.05) is 29.8 Å². The van der Waals surface area contributed by atoms with E-state index in [-0.39, 0.29) is 11.9 Å². The number of methoxy groups -OCH3 is 1. The molecule has 0 aliphatic heterocycles. The van der Waals surface area contributed by atoms with E-state index in [4.69, 9.17) is 16.3 Å². The summed E-state index contributed by atoms with van der Waals surface area (Å²) in [5, 5.41) is 0.729. The molecule has 3 heteroatoms. The lowest BCUT2D eigenvalue weighted by Gasteiger charge is -2.07. The number of ether oxygens (including phenoxy) is 1. The topological polar surface area (TPSA) is 26.3 Å². The summed E-state index contributed by atoms with van der Waals surface area (Å²) < 4.78 is 4.74. The highest BCUT2D eigenvalue weighted by atomic mass is 35.5. The second-order valence-electron chi connectivity index (χ2n) is 3.90. The number of hydrogen-bond acceptors (Lipinski definition) is 2. The third kappa shape index (κ3) is 2.27. The van der Waals surface area contributed by atoms with Gasteiger partial charge in [-0.3, -0.25) is 4.79 Å². The van der Waals surface area contributed by atoms with Crippen molar-refractivity contribution in [1.29, 1.82) is 0 Å². The zero-order chi connectivity index (χ0) is 11.5. The van der Waals surface area contributed by atoms with Gasteiger partial charge in [0.15, 0.2) is 0 Å². The van der Waals surface area contributed by atoms with E-state index in [1.807, 2.05) is 24.3 Å². The van der Waals surface area contributed by atoms with E-state index in [9.17, 15) is 4.79 Å². The van der Waals surface area contributed by atoms with E-state index >= 15 is 0 Å². The van der Waals surface area contributed by atoms with Gasteiger partial charge in [0.1, 0.15) is 0 Å². The number of esters is 1. The van der Waals surface area contributed by atoms with Crippen molar-refractivity contribution < 1.29 is 9.53 Å². The van der Waals surface area contributed by atoms with Gasteiger partial charge >= 0.3 is 5.97 Å². The Morgan fingerprint density at radius 1 is 1.38 bits per heavy atom. The first-order valence-corrected chi connectivity index (χ1v) is 5.61. The van der Waals surface area contributed by atoms with Crippen molar-refractivity contribution in [3.8, 4) is 0 Å². The molecule has 0 saturated heterocycles. The van der Waals surface area contributed by atoms with Crippen LogP contribution < -0.4 is 0 Å². The number of carbonyl (C=O) groups excluding carboxylic acids is 1. The zero-order valence-electron chi connectivity index (χ0n) is 9.07. The molecule has 0 radical (unpaired) electrons. The predicted octanol–water partition coefficient (Wildman–Crippen LogP) is 3.31. The molecule has 0 spiro atoms. The van der Waals surface area contributed by atoms with E-state index in [1.165, 1.54) is 12.7 Å². The summed E-state index contributed by atoms with van der Waals surface area (Å²) in [6, 6.07) is 7.69. The van der Waals surface area contributed by atoms with E-state index < -0.39 is 0 Å². The van der Waals surface area contributed by atoms with Crippen molar-refractivity contribution >= 4 is 23.1 Å². The molecule has 16 heavy (non-hydrogen) atoms. The highest BCUT2D eigenvalue weighted by Gasteiger charge is 2.25. The largest absolute Gasteiger partial charge is 0.469 e. The average molecular weight is 237 g/mol. The molecule has 0 fully saturated rings. The number of rotatable bonds is 2. The lowest BCUT2D eigenvalue weighted by molar-refractivity contribution is -0.144. The van der Waals surface area contributed by atoms with Crippen molar-refractivity contribution in [3.05, 3.63) is 40.9 Å². The fourth-order valence-electron chi connectivity index (χ4n) is 1.96. The SMILES string of the molecule is COC(=O)C1CC=C(c2ccc(Cl)cc2)C1. The average Bonchev–Trinajstić information content (AvgIpc) is 2.78. The Hall–Kier alpha value is -1.28. The molecule has 1 aromatic carbocycles. The van der Waals surface area contributed by atoms with E-state index in [1.54, 1.807) is 0 Å². The van der Waals surface area contributed by atoms with Crippen LogP contribution in [0.15, 0.2) is 30.3 Å². The zero-order valence-corrected chi connectivity index (χ0v) is 9.83. The minimum atomic E-state index is -0.125. The Morgan fingerprint density at radius 3 is 2.69 bits per heavy atom. The molecule has 0 N–H and O–H groups in total. The lowest BCUT2D eigenvalue weighted by atomic mass is 10.0. The summed E-state index contributed by atoms with van der Waals surface area (Å²) in [6.45, 7) is 0. The monoisotopic (exact) mass is 236 g/mol. The van der Waals surface area contributed by atoms with Crippen molar-refractivity contribution in [2.24, 2.45) is 5.92 Å². The highest BCUT2D eigenvalue weighted by Crippen LogP contribution is 2.33. The van der Waals surface area contributed by atoms with Crippen LogP contribution in [0.1, 0.15) is 18.4 Å². The molecule has 1 unspecified atom stereocenters. The van der Waals surface area contributed by atoms with Gasteiger partial charge in [-0.15, -0.1) is 0 Å². The normalized spacial score (nSPS) is 19.4. The maximum absolute atomic E-state index is 11.4. The molecule has 2 nitrogen and oxygen atoms in total.